The van der Waals surface area contributed by atoms with E-state index in [4.69, 9.17) is 16.3 Å². The smallest absolute Gasteiger partial charge is 0.412 e. The van der Waals surface area contributed by atoms with E-state index in [1.807, 2.05) is 47.2 Å². The fourth-order valence-corrected chi connectivity index (χ4v) is 2.83. The molecule has 6 heteroatoms. The molecule has 1 atom stereocenters. The molecule has 3 aromatic rings. The number of nitrogens with zero attached hydrogens (tertiary/aromatic N) is 2. The second-order valence-electron chi connectivity index (χ2n) is 6.61. The number of anilines is 1. The molecule has 0 aliphatic rings. The molecular formula is C21H22ClN3O2. The largest absolute Gasteiger partial charge is 0.439 e. The number of imidazole rings is 1. The Balaban J connectivity index is 1.70. The molecule has 0 aliphatic carbocycles. The number of ether oxygens (including phenoxy) is 1. The zero-order valence-electron chi connectivity index (χ0n) is 15.3. The maximum Gasteiger partial charge on any atom is 0.412 e. The third-order valence-corrected chi connectivity index (χ3v) is 4.50. The summed E-state index contributed by atoms with van der Waals surface area (Å²) in [6.45, 7) is 4.72. The van der Waals surface area contributed by atoms with Gasteiger partial charge in [-0.2, -0.15) is 0 Å². The van der Waals surface area contributed by atoms with Crippen molar-refractivity contribution in [3.05, 3.63) is 83.4 Å². The third kappa shape index (κ3) is 5.34. The first kappa shape index (κ1) is 19.0. The number of nitrogens with one attached hydrogen (secondary N) is 1. The second kappa shape index (κ2) is 8.73. The normalized spacial score (nSPS) is 12.0. The summed E-state index contributed by atoms with van der Waals surface area (Å²) in [6, 6.07) is 15.0. The monoisotopic (exact) mass is 383 g/mol. The molecule has 1 N–H and O–H groups in total. The van der Waals surface area contributed by atoms with E-state index in [0.29, 0.717) is 23.2 Å². The fourth-order valence-electron chi connectivity index (χ4n) is 2.70. The van der Waals surface area contributed by atoms with Crippen LogP contribution in [0.15, 0.2) is 67.3 Å². The molecule has 27 heavy (non-hydrogen) atoms. The Morgan fingerprint density at radius 2 is 1.78 bits per heavy atom. The highest BCUT2D eigenvalue weighted by Crippen LogP contribution is 2.23. The van der Waals surface area contributed by atoms with Gasteiger partial charge in [0.25, 0.3) is 0 Å². The predicted octanol–water partition coefficient (Wildman–Crippen LogP) is 5.65. The van der Waals surface area contributed by atoms with Gasteiger partial charge in [-0.05, 0) is 41.3 Å². The highest BCUT2D eigenvalue weighted by atomic mass is 35.5. The summed E-state index contributed by atoms with van der Waals surface area (Å²) in [4.78, 5) is 16.5. The second-order valence-corrected chi connectivity index (χ2v) is 7.04. The number of benzene rings is 2. The van der Waals surface area contributed by atoms with Crippen LogP contribution in [0, 0.1) is 0 Å². The van der Waals surface area contributed by atoms with Crippen LogP contribution in [-0.2, 0) is 11.3 Å². The van der Waals surface area contributed by atoms with Crippen molar-refractivity contribution in [3.8, 4) is 0 Å². The van der Waals surface area contributed by atoms with Crippen molar-refractivity contribution in [2.45, 2.75) is 32.4 Å². The minimum atomic E-state index is -0.507. The van der Waals surface area contributed by atoms with Crippen LogP contribution >= 0.6 is 11.6 Å². The van der Waals surface area contributed by atoms with E-state index in [1.54, 1.807) is 24.7 Å². The third-order valence-electron chi connectivity index (χ3n) is 4.25. The first-order chi connectivity index (χ1) is 13.0. The van der Waals surface area contributed by atoms with Gasteiger partial charge in [0.1, 0.15) is 6.10 Å². The Labute approximate surface area is 164 Å². The maximum absolute atomic E-state index is 12.4. The Hall–Kier alpha value is -2.79. The van der Waals surface area contributed by atoms with Crippen molar-refractivity contribution in [1.82, 2.24) is 9.55 Å². The molecule has 1 unspecified atom stereocenters. The summed E-state index contributed by atoms with van der Waals surface area (Å²) in [7, 11) is 0. The number of hydrogen-bond donors (Lipinski definition) is 1. The van der Waals surface area contributed by atoms with E-state index in [0.717, 1.165) is 5.56 Å². The molecule has 0 saturated carbocycles. The van der Waals surface area contributed by atoms with Gasteiger partial charge < -0.3 is 9.30 Å². The van der Waals surface area contributed by atoms with E-state index in [-0.39, 0.29) is 0 Å². The molecule has 0 aliphatic heterocycles. The number of amides is 1. The van der Waals surface area contributed by atoms with Crippen LogP contribution in [0.25, 0.3) is 0 Å². The van der Waals surface area contributed by atoms with Gasteiger partial charge in [0.15, 0.2) is 0 Å². The molecule has 140 valence electrons. The summed E-state index contributed by atoms with van der Waals surface area (Å²) < 4.78 is 7.55. The maximum atomic E-state index is 12.4. The minimum absolute atomic E-state index is 0.440. The van der Waals surface area contributed by atoms with Gasteiger partial charge in [0.2, 0.25) is 0 Å². The molecule has 3 rings (SSSR count). The minimum Gasteiger partial charge on any atom is -0.439 e. The molecule has 0 spiro atoms. The molecule has 1 aromatic heterocycles. The van der Waals surface area contributed by atoms with Gasteiger partial charge in [0, 0.05) is 23.1 Å². The molecule has 0 saturated heterocycles. The zero-order valence-corrected chi connectivity index (χ0v) is 16.1. The molecule has 2 aromatic carbocycles. The summed E-state index contributed by atoms with van der Waals surface area (Å²) in [6.07, 6.45) is 4.23. The summed E-state index contributed by atoms with van der Waals surface area (Å²) in [5.74, 6) is 0.440. The van der Waals surface area contributed by atoms with E-state index >= 15 is 0 Å². The average molecular weight is 384 g/mol. The molecular weight excluding hydrogens is 362 g/mol. The van der Waals surface area contributed by atoms with Crippen molar-refractivity contribution >= 4 is 23.4 Å². The quantitative estimate of drug-likeness (QED) is 0.598. The van der Waals surface area contributed by atoms with Crippen molar-refractivity contribution in [2.75, 3.05) is 5.32 Å². The lowest BCUT2D eigenvalue weighted by Gasteiger charge is -2.19. The first-order valence-electron chi connectivity index (χ1n) is 8.80. The van der Waals surface area contributed by atoms with E-state index in [2.05, 4.69) is 24.1 Å². The fraction of sp³-hybridized carbons (Fsp3) is 0.238. The van der Waals surface area contributed by atoms with Crippen molar-refractivity contribution in [3.63, 3.8) is 0 Å². The van der Waals surface area contributed by atoms with Crippen LogP contribution in [-0.4, -0.2) is 15.6 Å². The Morgan fingerprint density at radius 3 is 2.37 bits per heavy atom. The average Bonchev–Trinajstić information content (AvgIpc) is 3.15. The van der Waals surface area contributed by atoms with Gasteiger partial charge in [0.05, 0.1) is 12.9 Å². The lowest BCUT2D eigenvalue weighted by Crippen LogP contribution is -2.20. The lowest BCUT2D eigenvalue weighted by atomic mass is 10.0. The Kier molecular flexibility index (Phi) is 6.14. The van der Waals surface area contributed by atoms with Crippen LogP contribution in [0.5, 0.6) is 0 Å². The first-order valence-corrected chi connectivity index (χ1v) is 9.18. The zero-order chi connectivity index (χ0) is 19.2. The molecule has 0 radical (unpaired) electrons. The number of hydrogen-bond acceptors (Lipinski definition) is 3. The van der Waals surface area contributed by atoms with E-state index in [1.165, 1.54) is 5.56 Å². The lowest BCUT2D eigenvalue weighted by molar-refractivity contribution is 0.0998. The number of carbonyl (C=O) groups is 1. The van der Waals surface area contributed by atoms with Gasteiger partial charge in [-0.15, -0.1) is 0 Å². The van der Waals surface area contributed by atoms with Gasteiger partial charge in [-0.3, -0.25) is 5.32 Å². The van der Waals surface area contributed by atoms with Crippen molar-refractivity contribution < 1.29 is 9.53 Å². The van der Waals surface area contributed by atoms with Crippen LogP contribution in [0.3, 0.4) is 0 Å². The molecule has 5 nitrogen and oxygen atoms in total. The predicted molar refractivity (Wildman–Crippen MR) is 107 cm³/mol. The molecule has 1 heterocycles. The van der Waals surface area contributed by atoms with E-state index in [9.17, 15) is 4.79 Å². The number of halogens is 1. The molecule has 0 fully saturated rings. The highest BCUT2D eigenvalue weighted by molar-refractivity contribution is 6.30. The molecule has 0 bridgehead atoms. The van der Waals surface area contributed by atoms with Crippen LogP contribution in [0.2, 0.25) is 5.02 Å². The van der Waals surface area contributed by atoms with E-state index < -0.39 is 12.2 Å². The summed E-state index contributed by atoms with van der Waals surface area (Å²) >= 11 is 5.97. The van der Waals surface area contributed by atoms with Crippen LogP contribution in [0.4, 0.5) is 10.5 Å². The SMILES string of the molecule is CC(C)c1ccc(NC(=O)OC(Cn2ccnc2)c2ccc(Cl)cc2)cc1. The summed E-state index contributed by atoms with van der Waals surface area (Å²) in [5, 5.41) is 3.42. The number of aromatic nitrogens is 2. The Bertz CT molecular complexity index is 859. The number of rotatable bonds is 6. The van der Waals surface area contributed by atoms with Gasteiger partial charge >= 0.3 is 6.09 Å². The molecule has 1 amide bonds. The summed E-state index contributed by atoms with van der Waals surface area (Å²) in [5.41, 5.74) is 2.77. The van der Waals surface area contributed by atoms with Crippen molar-refractivity contribution in [1.29, 1.82) is 0 Å². The standard InChI is InChI=1S/C21H22ClN3O2/c1-15(2)16-5-9-19(10-6-16)24-21(26)27-20(13-25-12-11-23-14-25)17-3-7-18(22)8-4-17/h3-12,14-15,20H,13H2,1-2H3,(H,24,26). The van der Waals surface area contributed by atoms with Crippen LogP contribution < -0.4 is 5.32 Å². The Morgan fingerprint density at radius 1 is 1.11 bits per heavy atom. The number of carbonyl (C=O) groups excluding carboxylic acids is 1. The van der Waals surface area contributed by atoms with Gasteiger partial charge in [-0.1, -0.05) is 49.7 Å². The highest BCUT2D eigenvalue weighted by Gasteiger charge is 2.18. The van der Waals surface area contributed by atoms with Crippen molar-refractivity contribution in [2.24, 2.45) is 0 Å². The van der Waals surface area contributed by atoms with Gasteiger partial charge in [-0.25, -0.2) is 9.78 Å². The topological polar surface area (TPSA) is 56.1 Å². The van der Waals surface area contributed by atoms with Crippen LogP contribution in [0.1, 0.15) is 37.0 Å².